The highest BCUT2D eigenvalue weighted by Gasteiger charge is 2.14. The van der Waals surface area contributed by atoms with E-state index in [0.717, 1.165) is 22.7 Å². The first-order valence-electron chi connectivity index (χ1n) is 8.22. The van der Waals surface area contributed by atoms with Gasteiger partial charge < -0.3 is 19.7 Å². The standard InChI is InChI=1S/C19H22N2O3/c1-2-21(16-6-4-3-5-7-16)19(22)10-11-20-13-15-8-9-17-18(12-15)24-14-23-17/h3-9,12,20H,2,10-11,13-14H2,1H3. The van der Waals surface area contributed by atoms with E-state index in [4.69, 9.17) is 9.47 Å². The minimum atomic E-state index is 0.127. The molecule has 1 amide bonds. The Kier molecular flexibility index (Phi) is 5.33. The summed E-state index contributed by atoms with van der Waals surface area (Å²) in [4.78, 5) is 14.2. The van der Waals surface area contributed by atoms with Crippen LogP contribution in [0.3, 0.4) is 0 Å². The molecule has 2 aromatic carbocycles. The molecule has 0 aliphatic carbocycles. The molecule has 1 N–H and O–H groups in total. The predicted octanol–water partition coefficient (Wildman–Crippen LogP) is 2.95. The fourth-order valence-electron chi connectivity index (χ4n) is 2.72. The summed E-state index contributed by atoms with van der Waals surface area (Å²) in [6.07, 6.45) is 0.466. The van der Waals surface area contributed by atoms with Crippen molar-refractivity contribution in [2.24, 2.45) is 0 Å². The molecule has 5 heteroatoms. The maximum Gasteiger partial charge on any atom is 0.231 e. The molecule has 24 heavy (non-hydrogen) atoms. The van der Waals surface area contributed by atoms with Crippen LogP contribution in [0.1, 0.15) is 18.9 Å². The Balaban J connectivity index is 1.46. The molecule has 0 fully saturated rings. The third kappa shape index (κ3) is 3.86. The normalized spacial score (nSPS) is 12.2. The lowest BCUT2D eigenvalue weighted by Crippen LogP contribution is -2.32. The summed E-state index contributed by atoms with van der Waals surface area (Å²) in [5.74, 6) is 1.70. The van der Waals surface area contributed by atoms with Crippen molar-refractivity contribution in [3.63, 3.8) is 0 Å². The van der Waals surface area contributed by atoms with Crippen LogP contribution in [0, 0.1) is 0 Å². The number of nitrogens with one attached hydrogen (secondary N) is 1. The molecular formula is C19H22N2O3. The first-order chi connectivity index (χ1) is 11.8. The van der Waals surface area contributed by atoms with Crippen molar-refractivity contribution in [3.8, 4) is 11.5 Å². The van der Waals surface area contributed by atoms with Crippen LogP contribution in [0.4, 0.5) is 5.69 Å². The van der Waals surface area contributed by atoms with Crippen molar-refractivity contribution < 1.29 is 14.3 Å². The van der Waals surface area contributed by atoms with Crippen LogP contribution in [0.25, 0.3) is 0 Å². The van der Waals surface area contributed by atoms with Gasteiger partial charge in [0.1, 0.15) is 0 Å². The summed E-state index contributed by atoms with van der Waals surface area (Å²) in [7, 11) is 0. The Hall–Kier alpha value is -2.53. The van der Waals surface area contributed by atoms with Crippen LogP contribution in [0.2, 0.25) is 0 Å². The summed E-state index contributed by atoms with van der Waals surface area (Å²) in [5.41, 5.74) is 2.06. The quantitative estimate of drug-likeness (QED) is 0.795. The van der Waals surface area contributed by atoms with Crippen LogP contribution in [-0.2, 0) is 11.3 Å². The van der Waals surface area contributed by atoms with Gasteiger partial charge in [-0.15, -0.1) is 0 Å². The minimum absolute atomic E-state index is 0.127. The summed E-state index contributed by atoms with van der Waals surface area (Å²) < 4.78 is 10.7. The SMILES string of the molecule is CCN(C(=O)CCNCc1ccc2c(c1)OCO2)c1ccccc1. The van der Waals surface area contributed by atoms with E-state index in [2.05, 4.69) is 5.32 Å². The largest absolute Gasteiger partial charge is 0.454 e. The summed E-state index contributed by atoms with van der Waals surface area (Å²) in [6, 6.07) is 15.7. The molecule has 5 nitrogen and oxygen atoms in total. The van der Waals surface area contributed by atoms with E-state index in [0.29, 0.717) is 26.1 Å². The average Bonchev–Trinajstić information content (AvgIpc) is 3.08. The van der Waals surface area contributed by atoms with Gasteiger partial charge >= 0.3 is 0 Å². The number of amides is 1. The number of ether oxygens (including phenoxy) is 2. The van der Waals surface area contributed by atoms with E-state index in [9.17, 15) is 4.79 Å². The first kappa shape index (κ1) is 16.3. The van der Waals surface area contributed by atoms with Gasteiger partial charge in [0.2, 0.25) is 12.7 Å². The number of hydrogen-bond acceptors (Lipinski definition) is 4. The van der Waals surface area contributed by atoms with Crippen LogP contribution >= 0.6 is 0 Å². The monoisotopic (exact) mass is 326 g/mol. The molecule has 0 bridgehead atoms. The minimum Gasteiger partial charge on any atom is -0.454 e. The van der Waals surface area contributed by atoms with Crippen molar-refractivity contribution in [1.29, 1.82) is 0 Å². The van der Waals surface area contributed by atoms with E-state index in [1.54, 1.807) is 0 Å². The summed E-state index contributed by atoms with van der Waals surface area (Å²) in [6.45, 7) is 4.28. The van der Waals surface area contributed by atoms with Gasteiger partial charge in [-0.2, -0.15) is 0 Å². The van der Waals surface area contributed by atoms with Crippen LogP contribution in [0.15, 0.2) is 48.5 Å². The summed E-state index contributed by atoms with van der Waals surface area (Å²) in [5, 5.41) is 3.31. The Morgan fingerprint density at radius 2 is 1.92 bits per heavy atom. The Morgan fingerprint density at radius 3 is 2.71 bits per heavy atom. The van der Waals surface area contributed by atoms with Crippen LogP contribution in [0.5, 0.6) is 11.5 Å². The predicted molar refractivity (Wildman–Crippen MR) is 93.4 cm³/mol. The van der Waals surface area contributed by atoms with E-state index >= 15 is 0 Å². The van der Waals surface area contributed by atoms with Gasteiger partial charge in [0, 0.05) is 31.7 Å². The van der Waals surface area contributed by atoms with Crippen molar-refractivity contribution in [3.05, 3.63) is 54.1 Å². The maximum atomic E-state index is 12.4. The highest BCUT2D eigenvalue weighted by Crippen LogP contribution is 2.32. The van der Waals surface area contributed by atoms with Gasteiger partial charge in [-0.3, -0.25) is 4.79 Å². The fraction of sp³-hybridized carbons (Fsp3) is 0.316. The molecule has 0 atom stereocenters. The van der Waals surface area contributed by atoms with Crippen LogP contribution < -0.4 is 19.7 Å². The molecule has 0 aromatic heterocycles. The molecule has 0 spiro atoms. The molecule has 3 rings (SSSR count). The number of hydrogen-bond donors (Lipinski definition) is 1. The molecule has 0 saturated carbocycles. The first-order valence-corrected chi connectivity index (χ1v) is 8.22. The van der Waals surface area contributed by atoms with Crippen molar-refractivity contribution >= 4 is 11.6 Å². The number of carbonyl (C=O) groups is 1. The number of benzene rings is 2. The lowest BCUT2D eigenvalue weighted by atomic mass is 10.2. The molecular weight excluding hydrogens is 304 g/mol. The zero-order chi connectivity index (χ0) is 16.8. The lowest BCUT2D eigenvalue weighted by Gasteiger charge is -2.21. The second-order valence-electron chi connectivity index (χ2n) is 5.59. The van der Waals surface area contributed by atoms with Crippen molar-refractivity contribution in [2.45, 2.75) is 19.9 Å². The molecule has 1 heterocycles. The molecule has 0 unspecified atom stereocenters. The number of fused-ring (bicyclic) bond motifs is 1. The van der Waals surface area contributed by atoms with Gasteiger partial charge in [-0.25, -0.2) is 0 Å². The third-order valence-electron chi connectivity index (χ3n) is 3.97. The molecule has 126 valence electrons. The number of carbonyl (C=O) groups excluding carboxylic acids is 1. The Morgan fingerprint density at radius 1 is 1.12 bits per heavy atom. The maximum absolute atomic E-state index is 12.4. The number of para-hydroxylation sites is 1. The fourth-order valence-corrected chi connectivity index (χ4v) is 2.72. The molecule has 0 saturated heterocycles. The topological polar surface area (TPSA) is 50.8 Å². The second-order valence-corrected chi connectivity index (χ2v) is 5.59. The van der Waals surface area contributed by atoms with Gasteiger partial charge in [-0.1, -0.05) is 24.3 Å². The molecule has 2 aromatic rings. The average molecular weight is 326 g/mol. The molecule has 1 aliphatic heterocycles. The van der Waals surface area contributed by atoms with Gasteiger partial charge in [-0.05, 0) is 36.8 Å². The van der Waals surface area contributed by atoms with E-state index in [1.165, 1.54) is 0 Å². The van der Waals surface area contributed by atoms with E-state index in [-0.39, 0.29) is 12.7 Å². The van der Waals surface area contributed by atoms with E-state index < -0.39 is 0 Å². The zero-order valence-corrected chi connectivity index (χ0v) is 13.8. The highest BCUT2D eigenvalue weighted by molar-refractivity contribution is 5.93. The highest BCUT2D eigenvalue weighted by atomic mass is 16.7. The zero-order valence-electron chi connectivity index (χ0n) is 13.8. The number of rotatable bonds is 7. The lowest BCUT2D eigenvalue weighted by molar-refractivity contribution is -0.118. The molecule has 1 aliphatic rings. The molecule has 0 radical (unpaired) electrons. The Labute approximate surface area is 142 Å². The second kappa shape index (κ2) is 7.84. The smallest absolute Gasteiger partial charge is 0.231 e. The van der Waals surface area contributed by atoms with Gasteiger partial charge in [0.25, 0.3) is 0 Å². The van der Waals surface area contributed by atoms with Crippen molar-refractivity contribution in [2.75, 3.05) is 24.8 Å². The van der Waals surface area contributed by atoms with Gasteiger partial charge in [0.05, 0.1) is 0 Å². The number of anilines is 1. The Bertz CT molecular complexity index is 688. The van der Waals surface area contributed by atoms with Crippen molar-refractivity contribution in [1.82, 2.24) is 5.32 Å². The van der Waals surface area contributed by atoms with Crippen LogP contribution in [-0.4, -0.2) is 25.8 Å². The van der Waals surface area contributed by atoms with E-state index in [1.807, 2.05) is 60.4 Å². The third-order valence-corrected chi connectivity index (χ3v) is 3.97. The number of nitrogens with zero attached hydrogens (tertiary/aromatic N) is 1. The van der Waals surface area contributed by atoms with Gasteiger partial charge in [0.15, 0.2) is 11.5 Å². The summed E-state index contributed by atoms with van der Waals surface area (Å²) >= 11 is 0.